The third-order valence-corrected chi connectivity index (χ3v) is 5.71. The molecule has 1 N–H and O–H groups in total. The highest BCUT2D eigenvalue weighted by atomic mass is 35.5. The molecule has 0 unspecified atom stereocenters. The summed E-state index contributed by atoms with van der Waals surface area (Å²) in [4.78, 5) is 22.8. The lowest BCUT2D eigenvalue weighted by atomic mass is 10.1. The lowest BCUT2D eigenvalue weighted by Gasteiger charge is -2.01. The molecule has 8 nitrogen and oxygen atoms in total. The van der Waals surface area contributed by atoms with Crippen LogP contribution in [0.15, 0.2) is 71.1 Å². The molecule has 0 atom stereocenters. The fourth-order valence-corrected chi connectivity index (χ4v) is 3.74. The van der Waals surface area contributed by atoms with Crippen molar-refractivity contribution in [3.05, 3.63) is 98.2 Å². The highest BCUT2D eigenvalue weighted by Crippen LogP contribution is 2.29. The first-order valence-electron chi connectivity index (χ1n) is 9.37. The number of rotatable bonds is 7. The Morgan fingerprint density at radius 3 is 2.66 bits per heavy atom. The third kappa shape index (κ3) is 5.08. The van der Waals surface area contributed by atoms with Gasteiger partial charge < -0.3 is 9.73 Å². The van der Waals surface area contributed by atoms with E-state index >= 15 is 0 Å². The highest BCUT2D eigenvalue weighted by molar-refractivity contribution is 7.15. The second-order valence-corrected chi connectivity index (χ2v) is 7.97. The zero-order chi connectivity index (χ0) is 22.5. The second kappa shape index (κ2) is 9.54. The van der Waals surface area contributed by atoms with Gasteiger partial charge >= 0.3 is 0 Å². The topological polar surface area (TPSA) is 111 Å². The summed E-state index contributed by atoms with van der Waals surface area (Å²) in [7, 11) is 0. The van der Waals surface area contributed by atoms with E-state index in [1.54, 1.807) is 30.3 Å². The Balaban J connectivity index is 1.45. The van der Waals surface area contributed by atoms with Crippen LogP contribution in [-0.2, 0) is 6.54 Å². The van der Waals surface area contributed by atoms with E-state index in [4.69, 9.17) is 16.0 Å². The number of benzene rings is 2. The largest absolute Gasteiger partial charge is 0.457 e. The normalized spacial score (nSPS) is 11.3. The standard InChI is InChI=1S/C22H15ClN4O4S/c23-18(12-17-9-10-19(31-17)15-7-4-8-16(11-15)27(29)30)21-25-26-22(32-21)20(28)24-13-14-5-2-1-3-6-14/h1-12H,13H2,(H,24,28)/b18-12-. The molecule has 2 heterocycles. The quantitative estimate of drug-likeness (QED) is 0.289. The van der Waals surface area contributed by atoms with Gasteiger partial charge in [0.25, 0.3) is 11.6 Å². The summed E-state index contributed by atoms with van der Waals surface area (Å²) in [5.74, 6) is 0.553. The molecule has 10 heteroatoms. The van der Waals surface area contributed by atoms with Gasteiger partial charge in [-0.2, -0.15) is 0 Å². The van der Waals surface area contributed by atoms with E-state index in [1.807, 2.05) is 30.3 Å². The molecule has 4 rings (SSSR count). The number of nitro benzene ring substituents is 1. The van der Waals surface area contributed by atoms with Crippen LogP contribution in [0.2, 0.25) is 0 Å². The Bertz CT molecular complexity index is 1300. The fraction of sp³-hybridized carbons (Fsp3) is 0.0455. The van der Waals surface area contributed by atoms with Gasteiger partial charge in [-0.3, -0.25) is 14.9 Å². The van der Waals surface area contributed by atoms with E-state index in [2.05, 4.69) is 15.5 Å². The highest BCUT2D eigenvalue weighted by Gasteiger charge is 2.15. The number of non-ortho nitro benzene ring substituents is 1. The second-order valence-electron chi connectivity index (χ2n) is 6.58. The molecule has 0 aliphatic rings. The van der Waals surface area contributed by atoms with Gasteiger partial charge in [0, 0.05) is 30.3 Å². The molecule has 0 spiro atoms. The zero-order valence-corrected chi connectivity index (χ0v) is 18.0. The number of halogens is 1. The first kappa shape index (κ1) is 21.4. The van der Waals surface area contributed by atoms with Crippen LogP contribution in [0.4, 0.5) is 5.69 Å². The van der Waals surface area contributed by atoms with Crippen LogP contribution in [0.25, 0.3) is 22.4 Å². The number of nitro groups is 1. The van der Waals surface area contributed by atoms with Crippen LogP contribution in [0.5, 0.6) is 0 Å². The summed E-state index contributed by atoms with van der Waals surface area (Å²) in [5, 5.41) is 22.4. The maximum absolute atomic E-state index is 12.3. The van der Waals surface area contributed by atoms with Gasteiger partial charge in [0.05, 0.1) is 9.96 Å². The molecule has 4 aromatic rings. The van der Waals surface area contributed by atoms with Crippen molar-refractivity contribution in [1.82, 2.24) is 15.5 Å². The van der Waals surface area contributed by atoms with Crippen LogP contribution in [0.3, 0.4) is 0 Å². The van der Waals surface area contributed by atoms with E-state index in [-0.39, 0.29) is 21.6 Å². The van der Waals surface area contributed by atoms with Gasteiger partial charge in [0.15, 0.2) is 5.01 Å². The lowest BCUT2D eigenvalue weighted by Crippen LogP contribution is -2.22. The van der Waals surface area contributed by atoms with Gasteiger partial charge in [0.2, 0.25) is 5.01 Å². The number of furan rings is 1. The molecule has 0 saturated carbocycles. The summed E-state index contributed by atoms with van der Waals surface area (Å²) < 4.78 is 5.73. The minimum Gasteiger partial charge on any atom is -0.457 e. The number of nitrogens with zero attached hydrogens (tertiary/aromatic N) is 3. The molecule has 2 aromatic heterocycles. The smallest absolute Gasteiger partial charge is 0.282 e. The minimum atomic E-state index is -0.465. The van der Waals surface area contributed by atoms with Crippen molar-refractivity contribution in [2.75, 3.05) is 0 Å². The summed E-state index contributed by atoms with van der Waals surface area (Å²) in [6.07, 6.45) is 1.55. The molecule has 0 aliphatic heterocycles. The number of carbonyl (C=O) groups excluding carboxylic acids is 1. The average Bonchev–Trinajstić information content (AvgIpc) is 3.48. The molecule has 0 saturated heterocycles. The molecular formula is C22H15ClN4O4S. The van der Waals surface area contributed by atoms with Crippen LogP contribution in [-0.4, -0.2) is 21.0 Å². The summed E-state index contributed by atoms with van der Waals surface area (Å²) in [6, 6.07) is 19.0. The number of nitrogens with one attached hydrogen (secondary N) is 1. The van der Waals surface area contributed by atoms with Gasteiger partial charge in [-0.15, -0.1) is 10.2 Å². The van der Waals surface area contributed by atoms with Gasteiger partial charge in [0.1, 0.15) is 11.5 Å². The molecule has 0 radical (unpaired) electrons. The molecule has 2 aromatic carbocycles. The van der Waals surface area contributed by atoms with E-state index in [0.29, 0.717) is 28.6 Å². The van der Waals surface area contributed by atoms with Crippen molar-refractivity contribution in [1.29, 1.82) is 0 Å². The van der Waals surface area contributed by atoms with Crippen molar-refractivity contribution in [3.63, 3.8) is 0 Å². The predicted octanol–water partition coefficient (Wildman–Crippen LogP) is 5.37. The summed E-state index contributed by atoms with van der Waals surface area (Å²) in [6.45, 7) is 0.380. The molecule has 0 aliphatic carbocycles. The maximum Gasteiger partial charge on any atom is 0.282 e. The number of hydrogen-bond donors (Lipinski definition) is 1. The number of aromatic nitrogens is 2. The van der Waals surface area contributed by atoms with Crippen molar-refractivity contribution in [2.45, 2.75) is 6.54 Å². The molecule has 0 bridgehead atoms. The first-order chi connectivity index (χ1) is 15.5. The average molecular weight is 467 g/mol. The van der Waals surface area contributed by atoms with E-state index in [1.165, 1.54) is 12.1 Å². The monoisotopic (exact) mass is 466 g/mol. The number of hydrogen-bond acceptors (Lipinski definition) is 7. The van der Waals surface area contributed by atoms with Gasteiger partial charge in [-0.1, -0.05) is 65.4 Å². The predicted molar refractivity (Wildman–Crippen MR) is 122 cm³/mol. The van der Waals surface area contributed by atoms with Crippen molar-refractivity contribution >= 4 is 45.6 Å². The van der Waals surface area contributed by atoms with Gasteiger partial charge in [-0.25, -0.2) is 0 Å². The van der Waals surface area contributed by atoms with Crippen LogP contribution >= 0.6 is 22.9 Å². The number of carbonyl (C=O) groups is 1. The Labute approximate surface area is 191 Å². The Morgan fingerprint density at radius 1 is 1.09 bits per heavy atom. The fourth-order valence-electron chi connectivity index (χ4n) is 2.81. The molecule has 1 amide bonds. The Hall–Kier alpha value is -3.82. The van der Waals surface area contributed by atoms with Crippen molar-refractivity contribution in [2.24, 2.45) is 0 Å². The van der Waals surface area contributed by atoms with E-state index in [9.17, 15) is 14.9 Å². The number of amides is 1. The molecule has 0 fully saturated rings. The lowest BCUT2D eigenvalue weighted by molar-refractivity contribution is -0.384. The first-order valence-corrected chi connectivity index (χ1v) is 10.6. The third-order valence-electron chi connectivity index (χ3n) is 4.36. The van der Waals surface area contributed by atoms with E-state index < -0.39 is 4.92 Å². The van der Waals surface area contributed by atoms with Crippen molar-refractivity contribution in [3.8, 4) is 11.3 Å². The summed E-state index contributed by atoms with van der Waals surface area (Å²) >= 11 is 7.40. The van der Waals surface area contributed by atoms with Crippen LogP contribution in [0, 0.1) is 10.1 Å². The van der Waals surface area contributed by atoms with Crippen molar-refractivity contribution < 1.29 is 14.1 Å². The minimum absolute atomic E-state index is 0.0269. The van der Waals surface area contributed by atoms with Gasteiger partial charge in [-0.05, 0) is 17.7 Å². The SMILES string of the molecule is O=C(NCc1ccccc1)c1nnc(/C(Cl)=C/c2ccc(-c3cccc([N+](=O)[O-])c3)o2)s1. The maximum atomic E-state index is 12.3. The molecule has 32 heavy (non-hydrogen) atoms. The summed E-state index contributed by atoms with van der Waals surface area (Å²) in [5.41, 5.74) is 1.52. The van der Waals surface area contributed by atoms with Crippen LogP contribution in [0.1, 0.15) is 26.1 Å². The van der Waals surface area contributed by atoms with Crippen LogP contribution < -0.4 is 5.32 Å². The molecule has 160 valence electrons. The van der Waals surface area contributed by atoms with E-state index in [0.717, 1.165) is 16.9 Å². The molecular weight excluding hydrogens is 452 g/mol. The Kier molecular flexibility index (Phi) is 6.39. The Morgan fingerprint density at radius 2 is 1.88 bits per heavy atom. The zero-order valence-electron chi connectivity index (χ0n) is 16.4.